The van der Waals surface area contributed by atoms with E-state index >= 15 is 0 Å². The first kappa shape index (κ1) is 15.9. The Labute approximate surface area is 128 Å². The lowest BCUT2D eigenvalue weighted by Crippen LogP contribution is -2.45. The lowest BCUT2D eigenvalue weighted by atomic mass is 10.00. The van der Waals surface area contributed by atoms with Gasteiger partial charge in [-0.25, -0.2) is 0 Å². The molecule has 21 heavy (non-hydrogen) atoms. The van der Waals surface area contributed by atoms with Crippen molar-refractivity contribution in [1.29, 1.82) is 0 Å². The molecule has 5 heteroatoms. The van der Waals surface area contributed by atoms with Gasteiger partial charge in [-0.15, -0.1) is 0 Å². The van der Waals surface area contributed by atoms with E-state index in [1.165, 1.54) is 18.4 Å². The maximum atomic E-state index is 4.79. The molecule has 1 N–H and O–H groups in total. The van der Waals surface area contributed by atoms with Gasteiger partial charge in [-0.3, -0.25) is 9.67 Å². The molecule has 118 valence electrons. The van der Waals surface area contributed by atoms with Gasteiger partial charge in [-0.05, 0) is 44.1 Å². The molecule has 0 radical (unpaired) electrons. The quantitative estimate of drug-likeness (QED) is 0.513. The molecule has 0 unspecified atom stereocenters. The smallest absolute Gasteiger partial charge is 0.193 e. The highest BCUT2D eigenvalue weighted by atomic mass is 15.3. The van der Waals surface area contributed by atoms with Crippen LogP contribution in [0.1, 0.15) is 38.7 Å². The van der Waals surface area contributed by atoms with E-state index in [4.69, 9.17) is 4.99 Å². The minimum absolute atomic E-state index is 0.856. The second kappa shape index (κ2) is 8.05. The number of piperidine rings is 1. The van der Waals surface area contributed by atoms with Crippen LogP contribution in [-0.2, 0) is 13.5 Å². The zero-order chi connectivity index (χ0) is 15.1. The summed E-state index contributed by atoms with van der Waals surface area (Å²) in [5, 5.41) is 7.63. The molecule has 0 aliphatic carbocycles. The molecule has 0 atom stereocenters. The zero-order valence-corrected chi connectivity index (χ0v) is 13.7. The fourth-order valence-corrected chi connectivity index (χ4v) is 2.72. The molecule has 2 rings (SSSR count). The van der Waals surface area contributed by atoms with Gasteiger partial charge in [0.2, 0.25) is 0 Å². The van der Waals surface area contributed by atoms with Crippen molar-refractivity contribution in [2.75, 3.05) is 26.2 Å². The van der Waals surface area contributed by atoms with Gasteiger partial charge < -0.3 is 10.2 Å². The Morgan fingerprint density at radius 3 is 2.81 bits per heavy atom. The molecular weight excluding hydrogens is 262 g/mol. The summed E-state index contributed by atoms with van der Waals surface area (Å²) >= 11 is 0. The SMILES string of the molecule is CCNC(=NCCCc1cnn(C)c1)N1CCC(C)CC1. The monoisotopic (exact) mass is 291 g/mol. The number of aromatic nitrogens is 2. The molecule has 1 saturated heterocycles. The van der Waals surface area contributed by atoms with Gasteiger partial charge in [0.15, 0.2) is 5.96 Å². The van der Waals surface area contributed by atoms with Crippen molar-refractivity contribution >= 4 is 5.96 Å². The summed E-state index contributed by atoms with van der Waals surface area (Å²) in [6.45, 7) is 8.56. The third-order valence-electron chi connectivity index (χ3n) is 4.06. The topological polar surface area (TPSA) is 45.5 Å². The van der Waals surface area contributed by atoms with Crippen LogP contribution >= 0.6 is 0 Å². The Kier molecular flexibility index (Phi) is 6.08. The minimum atomic E-state index is 0.856. The number of aliphatic imine (C=N–C) groups is 1. The van der Waals surface area contributed by atoms with E-state index in [0.717, 1.165) is 50.9 Å². The van der Waals surface area contributed by atoms with Crippen LogP contribution < -0.4 is 5.32 Å². The van der Waals surface area contributed by atoms with Gasteiger partial charge >= 0.3 is 0 Å². The molecule has 2 heterocycles. The van der Waals surface area contributed by atoms with Crippen LogP contribution in [0.2, 0.25) is 0 Å². The summed E-state index contributed by atoms with van der Waals surface area (Å²) in [5.41, 5.74) is 1.30. The maximum Gasteiger partial charge on any atom is 0.193 e. The van der Waals surface area contributed by atoms with Gasteiger partial charge in [-0.1, -0.05) is 6.92 Å². The highest BCUT2D eigenvalue weighted by molar-refractivity contribution is 5.80. The first-order valence-corrected chi connectivity index (χ1v) is 8.19. The average Bonchev–Trinajstić information content (AvgIpc) is 2.89. The molecule has 1 aromatic heterocycles. The van der Waals surface area contributed by atoms with E-state index < -0.39 is 0 Å². The van der Waals surface area contributed by atoms with Crippen LogP contribution in [0.25, 0.3) is 0 Å². The maximum absolute atomic E-state index is 4.79. The molecule has 0 amide bonds. The van der Waals surface area contributed by atoms with E-state index in [1.54, 1.807) is 0 Å². The minimum Gasteiger partial charge on any atom is -0.357 e. The number of aryl methyl sites for hydroxylation is 2. The van der Waals surface area contributed by atoms with Crippen LogP contribution in [0, 0.1) is 5.92 Å². The second-order valence-electron chi connectivity index (χ2n) is 6.03. The fraction of sp³-hybridized carbons (Fsp3) is 0.750. The Morgan fingerprint density at radius 1 is 1.43 bits per heavy atom. The molecule has 1 aromatic rings. The molecule has 0 saturated carbocycles. The van der Waals surface area contributed by atoms with Crippen LogP contribution in [0.5, 0.6) is 0 Å². The molecule has 0 bridgehead atoms. The highest BCUT2D eigenvalue weighted by Gasteiger charge is 2.18. The Balaban J connectivity index is 1.80. The standard InChI is InChI=1S/C16H29N5/c1-4-17-16(21-10-7-14(2)8-11-21)18-9-5-6-15-12-19-20(3)13-15/h12-14H,4-11H2,1-3H3,(H,17,18). The number of nitrogens with zero attached hydrogens (tertiary/aromatic N) is 4. The fourth-order valence-electron chi connectivity index (χ4n) is 2.72. The lowest BCUT2D eigenvalue weighted by molar-refractivity contribution is 0.273. The van der Waals surface area contributed by atoms with Crippen LogP contribution in [0.3, 0.4) is 0 Å². The Bertz CT molecular complexity index is 443. The van der Waals surface area contributed by atoms with Crippen molar-refractivity contribution in [3.63, 3.8) is 0 Å². The molecule has 1 aliphatic rings. The molecule has 5 nitrogen and oxygen atoms in total. The number of nitrogens with one attached hydrogen (secondary N) is 1. The highest BCUT2D eigenvalue weighted by Crippen LogP contribution is 2.15. The van der Waals surface area contributed by atoms with Crippen molar-refractivity contribution in [3.05, 3.63) is 18.0 Å². The van der Waals surface area contributed by atoms with E-state index in [1.807, 2.05) is 17.9 Å². The van der Waals surface area contributed by atoms with Crippen molar-refractivity contribution in [1.82, 2.24) is 20.0 Å². The van der Waals surface area contributed by atoms with E-state index in [9.17, 15) is 0 Å². The molecule has 0 spiro atoms. The lowest BCUT2D eigenvalue weighted by Gasteiger charge is -2.33. The molecule has 1 aliphatic heterocycles. The third-order valence-corrected chi connectivity index (χ3v) is 4.06. The molecular formula is C16H29N5. The van der Waals surface area contributed by atoms with E-state index in [2.05, 4.69) is 35.4 Å². The van der Waals surface area contributed by atoms with Crippen molar-refractivity contribution < 1.29 is 0 Å². The first-order valence-electron chi connectivity index (χ1n) is 8.19. The van der Waals surface area contributed by atoms with Crippen molar-refractivity contribution in [3.8, 4) is 0 Å². The normalized spacial score (nSPS) is 17.3. The largest absolute Gasteiger partial charge is 0.357 e. The predicted molar refractivity (Wildman–Crippen MR) is 87.5 cm³/mol. The van der Waals surface area contributed by atoms with Gasteiger partial charge in [0.1, 0.15) is 0 Å². The Morgan fingerprint density at radius 2 is 2.19 bits per heavy atom. The second-order valence-corrected chi connectivity index (χ2v) is 6.03. The van der Waals surface area contributed by atoms with Crippen molar-refractivity contribution in [2.24, 2.45) is 18.0 Å². The Hall–Kier alpha value is -1.52. The summed E-state index contributed by atoms with van der Waals surface area (Å²) in [6, 6.07) is 0. The van der Waals surface area contributed by atoms with Gasteiger partial charge in [0.25, 0.3) is 0 Å². The average molecular weight is 291 g/mol. The number of guanidine groups is 1. The van der Waals surface area contributed by atoms with Crippen LogP contribution in [0.15, 0.2) is 17.4 Å². The summed E-state index contributed by atoms with van der Waals surface area (Å²) < 4.78 is 1.86. The number of likely N-dealkylation sites (tertiary alicyclic amines) is 1. The van der Waals surface area contributed by atoms with Gasteiger partial charge in [-0.2, -0.15) is 5.10 Å². The van der Waals surface area contributed by atoms with Gasteiger partial charge in [0, 0.05) is 39.4 Å². The summed E-state index contributed by atoms with van der Waals surface area (Å²) in [7, 11) is 1.96. The summed E-state index contributed by atoms with van der Waals surface area (Å²) in [6.07, 6.45) is 8.71. The van der Waals surface area contributed by atoms with E-state index in [0.29, 0.717) is 0 Å². The molecule has 0 aromatic carbocycles. The van der Waals surface area contributed by atoms with Gasteiger partial charge in [0.05, 0.1) is 6.20 Å². The van der Waals surface area contributed by atoms with Crippen LogP contribution in [-0.4, -0.2) is 46.8 Å². The zero-order valence-electron chi connectivity index (χ0n) is 13.7. The number of rotatable bonds is 5. The number of hydrogen-bond acceptors (Lipinski definition) is 2. The van der Waals surface area contributed by atoms with E-state index in [-0.39, 0.29) is 0 Å². The predicted octanol–water partition coefficient (Wildman–Crippen LogP) is 2.05. The number of hydrogen-bond donors (Lipinski definition) is 1. The van der Waals surface area contributed by atoms with Crippen molar-refractivity contribution in [2.45, 2.75) is 39.5 Å². The summed E-state index contributed by atoms with van der Waals surface area (Å²) in [5.74, 6) is 1.95. The molecule has 1 fully saturated rings. The third kappa shape index (κ3) is 5.06. The van der Waals surface area contributed by atoms with Crippen LogP contribution in [0.4, 0.5) is 0 Å². The summed E-state index contributed by atoms with van der Waals surface area (Å²) in [4.78, 5) is 7.20. The first-order chi connectivity index (χ1) is 10.2.